The number of hydrogen-bond donors (Lipinski definition) is 1. The van der Waals surface area contributed by atoms with Crippen molar-refractivity contribution in [2.75, 3.05) is 33.8 Å². The van der Waals surface area contributed by atoms with E-state index in [1.165, 1.54) is 6.92 Å². The number of hydrogen-bond acceptors (Lipinski definition) is 4. The number of nitrogens with zero attached hydrogens (tertiary/aromatic N) is 1. The molecule has 0 aromatic rings. The Hall–Kier alpha value is -1.10. The van der Waals surface area contributed by atoms with E-state index in [1.807, 2.05) is 0 Å². The van der Waals surface area contributed by atoms with Crippen molar-refractivity contribution in [2.24, 2.45) is 0 Å². The quantitative estimate of drug-likeness (QED) is 0.471. The SMILES string of the molecule is CC(=O)NCCCOC(=O)CN(C)C. The summed E-state index contributed by atoms with van der Waals surface area (Å²) in [7, 11) is 3.61. The van der Waals surface area contributed by atoms with Gasteiger partial charge in [-0.05, 0) is 20.5 Å². The van der Waals surface area contributed by atoms with Crippen LogP contribution in [0, 0.1) is 0 Å². The van der Waals surface area contributed by atoms with Crippen LogP contribution < -0.4 is 5.32 Å². The zero-order valence-electron chi connectivity index (χ0n) is 9.00. The molecule has 1 amide bonds. The number of amides is 1. The van der Waals surface area contributed by atoms with Gasteiger partial charge in [-0.15, -0.1) is 0 Å². The first-order chi connectivity index (χ1) is 6.52. The molecule has 0 heterocycles. The highest BCUT2D eigenvalue weighted by molar-refractivity contribution is 5.72. The molecule has 0 rings (SSSR count). The average Bonchev–Trinajstić information content (AvgIpc) is 2.01. The van der Waals surface area contributed by atoms with Crippen LogP contribution in [-0.4, -0.2) is 50.6 Å². The minimum Gasteiger partial charge on any atom is -0.465 e. The first-order valence-corrected chi connectivity index (χ1v) is 4.57. The zero-order valence-corrected chi connectivity index (χ0v) is 9.00. The van der Waals surface area contributed by atoms with Gasteiger partial charge in [-0.2, -0.15) is 0 Å². The molecule has 0 fully saturated rings. The minimum absolute atomic E-state index is 0.0652. The minimum atomic E-state index is -0.238. The molecule has 14 heavy (non-hydrogen) atoms. The van der Waals surface area contributed by atoms with Crippen molar-refractivity contribution in [2.45, 2.75) is 13.3 Å². The number of ether oxygens (including phenoxy) is 1. The molecule has 0 saturated carbocycles. The Kier molecular flexibility index (Phi) is 6.74. The van der Waals surface area contributed by atoms with Gasteiger partial charge >= 0.3 is 5.97 Å². The summed E-state index contributed by atoms with van der Waals surface area (Å²) in [6.45, 7) is 2.65. The van der Waals surface area contributed by atoms with Crippen LogP contribution in [0.15, 0.2) is 0 Å². The van der Waals surface area contributed by atoms with E-state index in [-0.39, 0.29) is 11.9 Å². The first kappa shape index (κ1) is 12.9. The smallest absolute Gasteiger partial charge is 0.320 e. The average molecular weight is 202 g/mol. The molecule has 0 aromatic heterocycles. The highest BCUT2D eigenvalue weighted by Gasteiger charge is 2.03. The monoisotopic (exact) mass is 202 g/mol. The van der Waals surface area contributed by atoms with Crippen LogP contribution in [0.3, 0.4) is 0 Å². The van der Waals surface area contributed by atoms with Gasteiger partial charge in [0.1, 0.15) is 0 Å². The second-order valence-corrected chi connectivity index (χ2v) is 3.29. The van der Waals surface area contributed by atoms with Gasteiger partial charge in [0.15, 0.2) is 0 Å². The van der Waals surface area contributed by atoms with Gasteiger partial charge in [-0.3, -0.25) is 14.5 Å². The van der Waals surface area contributed by atoms with Crippen molar-refractivity contribution in [1.29, 1.82) is 0 Å². The summed E-state index contributed by atoms with van der Waals surface area (Å²) in [6, 6.07) is 0. The molecule has 5 heteroatoms. The number of rotatable bonds is 6. The van der Waals surface area contributed by atoms with Crippen molar-refractivity contribution in [3.63, 3.8) is 0 Å². The fourth-order valence-corrected chi connectivity index (χ4v) is 0.826. The Bertz CT molecular complexity index is 192. The molecule has 0 saturated heterocycles. The maximum absolute atomic E-state index is 11.0. The van der Waals surface area contributed by atoms with Crippen LogP contribution >= 0.6 is 0 Å². The number of carbonyl (C=O) groups is 2. The van der Waals surface area contributed by atoms with Crippen molar-refractivity contribution in [3.8, 4) is 0 Å². The van der Waals surface area contributed by atoms with E-state index in [2.05, 4.69) is 5.32 Å². The van der Waals surface area contributed by atoms with Gasteiger partial charge in [-0.1, -0.05) is 0 Å². The Labute approximate surface area is 84.4 Å². The lowest BCUT2D eigenvalue weighted by Gasteiger charge is -2.09. The summed E-state index contributed by atoms with van der Waals surface area (Å²) in [6.07, 6.45) is 0.652. The molecular formula is C9H18N2O3. The van der Waals surface area contributed by atoms with Gasteiger partial charge in [-0.25, -0.2) is 0 Å². The fourth-order valence-electron chi connectivity index (χ4n) is 0.826. The van der Waals surface area contributed by atoms with Gasteiger partial charge in [0.25, 0.3) is 0 Å². The summed E-state index contributed by atoms with van der Waals surface area (Å²) in [4.78, 5) is 23.2. The van der Waals surface area contributed by atoms with Crippen molar-refractivity contribution in [1.82, 2.24) is 10.2 Å². The Morgan fingerprint density at radius 1 is 1.36 bits per heavy atom. The lowest BCUT2D eigenvalue weighted by molar-refractivity contribution is -0.144. The topological polar surface area (TPSA) is 58.6 Å². The number of nitrogens with one attached hydrogen (secondary N) is 1. The molecule has 0 atom stereocenters. The molecule has 0 aromatic carbocycles. The van der Waals surface area contributed by atoms with E-state index in [0.29, 0.717) is 26.1 Å². The summed E-state index contributed by atoms with van der Waals surface area (Å²) in [5.41, 5.74) is 0. The maximum atomic E-state index is 11.0. The largest absolute Gasteiger partial charge is 0.465 e. The Morgan fingerprint density at radius 2 is 2.00 bits per heavy atom. The lowest BCUT2D eigenvalue weighted by Crippen LogP contribution is -2.25. The summed E-state index contributed by atoms with van der Waals surface area (Å²) in [5.74, 6) is -0.303. The molecule has 0 radical (unpaired) electrons. The predicted molar refractivity (Wildman–Crippen MR) is 52.8 cm³/mol. The highest BCUT2D eigenvalue weighted by Crippen LogP contribution is 1.85. The third kappa shape index (κ3) is 8.99. The normalized spacial score (nSPS) is 10.0. The second-order valence-electron chi connectivity index (χ2n) is 3.29. The summed E-state index contributed by atoms with van der Waals surface area (Å²) in [5, 5.41) is 2.62. The Morgan fingerprint density at radius 3 is 2.50 bits per heavy atom. The fraction of sp³-hybridized carbons (Fsp3) is 0.778. The van der Waals surface area contributed by atoms with E-state index in [4.69, 9.17) is 4.74 Å². The van der Waals surface area contributed by atoms with Crippen molar-refractivity contribution < 1.29 is 14.3 Å². The molecular weight excluding hydrogens is 184 g/mol. The van der Waals surface area contributed by atoms with E-state index in [1.54, 1.807) is 19.0 Å². The van der Waals surface area contributed by atoms with Gasteiger partial charge < -0.3 is 10.1 Å². The van der Waals surface area contributed by atoms with E-state index >= 15 is 0 Å². The standard InChI is InChI=1S/C9H18N2O3/c1-8(12)10-5-4-6-14-9(13)7-11(2)3/h4-7H2,1-3H3,(H,10,12). The molecule has 0 aliphatic heterocycles. The molecule has 5 nitrogen and oxygen atoms in total. The van der Waals surface area contributed by atoms with Crippen LogP contribution in [0.2, 0.25) is 0 Å². The van der Waals surface area contributed by atoms with E-state index < -0.39 is 0 Å². The number of esters is 1. The van der Waals surface area contributed by atoms with Crippen molar-refractivity contribution >= 4 is 11.9 Å². The molecule has 0 aliphatic carbocycles. The molecule has 0 aliphatic rings. The third-order valence-corrected chi connectivity index (χ3v) is 1.40. The molecule has 0 spiro atoms. The molecule has 0 unspecified atom stereocenters. The van der Waals surface area contributed by atoms with Crippen LogP contribution in [0.1, 0.15) is 13.3 Å². The third-order valence-electron chi connectivity index (χ3n) is 1.40. The second kappa shape index (κ2) is 7.32. The van der Waals surface area contributed by atoms with Crippen LogP contribution in [0.25, 0.3) is 0 Å². The summed E-state index contributed by atoms with van der Waals surface area (Å²) >= 11 is 0. The van der Waals surface area contributed by atoms with E-state index in [0.717, 1.165) is 0 Å². The zero-order chi connectivity index (χ0) is 11.0. The number of likely N-dealkylation sites (N-methyl/N-ethyl adjacent to an activating group) is 1. The van der Waals surface area contributed by atoms with Crippen LogP contribution in [-0.2, 0) is 14.3 Å². The van der Waals surface area contributed by atoms with Gasteiger partial charge in [0, 0.05) is 13.5 Å². The van der Waals surface area contributed by atoms with Gasteiger partial charge in [0.2, 0.25) is 5.91 Å². The van der Waals surface area contributed by atoms with Crippen LogP contribution in [0.5, 0.6) is 0 Å². The highest BCUT2D eigenvalue weighted by atomic mass is 16.5. The van der Waals surface area contributed by atoms with Crippen molar-refractivity contribution in [3.05, 3.63) is 0 Å². The predicted octanol–water partition coefficient (Wildman–Crippen LogP) is -0.383. The Balaban J connectivity index is 3.27. The van der Waals surface area contributed by atoms with E-state index in [9.17, 15) is 9.59 Å². The maximum Gasteiger partial charge on any atom is 0.320 e. The molecule has 1 N–H and O–H groups in total. The molecule has 0 bridgehead atoms. The van der Waals surface area contributed by atoms with Gasteiger partial charge in [0.05, 0.1) is 13.2 Å². The first-order valence-electron chi connectivity index (χ1n) is 4.57. The lowest BCUT2D eigenvalue weighted by atomic mass is 10.4. The number of carbonyl (C=O) groups excluding carboxylic acids is 2. The van der Waals surface area contributed by atoms with Crippen LogP contribution in [0.4, 0.5) is 0 Å². The summed E-state index contributed by atoms with van der Waals surface area (Å²) < 4.78 is 4.90. The molecule has 82 valence electrons.